The number of carbonyl (C=O) groups is 1. The van der Waals surface area contributed by atoms with Crippen molar-refractivity contribution in [1.82, 2.24) is 0 Å². The van der Waals surface area contributed by atoms with Crippen LogP contribution in [0.4, 0.5) is 13.2 Å². The van der Waals surface area contributed by atoms with E-state index in [0.29, 0.717) is 51.4 Å². The summed E-state index contributed by atoms with van der Waals surface area (Å²) in [6.07, 6.45) is -0.663. The number of aliphatic hydroxyl groups is 2. The van der Waals surface area contributed by atoms with Gasteiger partial charge in [0.05, 0.1) is 0 Å². The molecule has 6 heteroatoms. The zero-order chi connectivity index (χ0) is 18.9. The fourth-order valence-corrected chi connectivity index (χ4v) is 7.25. The highest BCUT2D eigenvalue weighted by Gasteiger charge is 2.72. The fraction of sp³-hybridized carbons (Fsp3) is 0.850. The topological polar surface area (TPSA) is 57.5 Å². The predicted molar refractivity (Wildman–Crippen MR) is 89.3 cm³/mol. The van der Waals surface area contributed by atoms with Crippen LogP contribution in [-0.2, 0) is 4.79 Å². The summed E-state index contributed by atoms with van der Waals surface area (Å²) < 4.78 is 41.4. The van der Waals surface area contributed by atoms with E-state index in [0.717, 1.165) is 5.57 Å². The van der Waals surface area contributed by atoms with E-state index in [1.165, 1.54) is 0 Å². The van der Waals surface area contributed by atoms with Crippen LogP contribution in [-0.4, -0.2) is 27.8 Å². The predicted octanol–water partition coefficient (Wildman–Crippen LogP) is 4.70. The Balaban J connectivity index is 1.69. The number of hydrogen-bond donors (Lipinski definition) is 2. The highest BCUT2D eigenvalue weighted by atomic mass is 19.4. The zero-order valence-electron chi connectivity index (χ0n) is 15.1. The molecule has 4 aliphatic carbocycles. The van der Waals surface area contributed by atoms with Crippen molar-refractivity contribution in [3.8, 4) is 0 Å². The third-order valence-electron chi connectivity index (χ3n) is 8.40. The molecule has 146 valence electrons. The number of hydrogen-bond acceptors (Lipinski definition) is 3. The number of halogens is 3. The van der Waals surface area contributed by atoms with Gasteiger partial charge < -0.3 is 10.2 Å². The maximum Gasteiger partial charge on any atom is 0.417 e. The summed E-state index contributed by atoms with van der Waals surface area (Å²) in [5, 5.41) is 20.9. The van der Waals surface area contributed by atoms with Crippen LogP contribution in [0.15, 0.2) is 11.3 Å². The molecule has 0 saturated heterocycles. The molecule has 0 bridgehead atoms. The van der Waals surface area contributed by atoms with Gasteiger partial charge in [-0.1, -0.05) is 6.92 Å². The summed E-state index contributed by atoms with van der Waals surface area (Å²) in [7, 11) is 0. The van der Waals surface area contributed by atoms with Gasteiger partial charge in [0.25, 0.3) is 0 Å². The zero-order valence-corrected chi connectivity index (χ0v) is 15.1. The fourth-order valence-electron chi connectivity index (χ4n) is 7.25. The smallest absolute Gasteiger partial charge is 0.417 e. The Kier molecular flexibility index (Phi) is 4.04. The molecular weight excluding hydrogens is 345 g/mol. The molecule has 0 spiro atoms. The van der Waals surface area contributed by atoms with Crippen LogP contribution in [0.2, 0.25) is 0 Å². The molecule has 0 heterocycles. The van der Waals surface area contributed by atoms with Gasteiger partial charge in [0.15, 0.2) is 17.1 Å². The summed E-state index contributed by atoms with van der Waals surface area (Å²) in [6, 6.07) is 0. The van der Waals surface area contributed by atoms with Gasteiger partial charge in [-0.2, -0.15) is 13.2 Å². The minimum atomic E-state index is -4.60. The number of allylic oxidation sites excluding steroid dienone is 1. The van der Waals surface area contributed by atoms with E-state index in [2.05, 4.69) is 0 Å². The van der Waals surface area contributed by atoms with Crippen molar-refractivity contribution in [2.45, 2.75) is 76.5 Å². The van der Waals surface area contributed by atoms with Crippen molar-refractivity contribution in [3.05, 3.63) is 11.3 Å². The largest absolute Gasteiger partial charge is 0.504 e. The molecule has 0 aliphatic heterocycles. The summed E-state index contributed by atoms with van der Waals surface area (Å²) in [5.74, 6) is 0.107. The second-order valence-corrected chi connectivity index (χ2v) is 8.86. The van der Waals surface area contributed by atoms with Gasteiger partial charge in [-0.25, -0.2) is 0 Å². The minimum absolute atomic E-state index is 0.0785. The summed E-state index contributed by atoms with van der Waals surface area (Å²) in [6.45, 7) is 1.79. The van der Waals surface area contributed by atoms with Crippen LogP contribution in [0, 0.1) is 29.1 Å². The first-order valence-electron chi connectivity index (χ1n) is 9.90. The van der Waals surface area contributed by atoms with Gasteiger partial charge in [0.2, 0.25) is 0 Å². The van der Waals surface area contributed by atoms with Gasteiger partial charge in [-0.3, -0.25) is 4.79 Å². The molecule has 26 heavy (non-hydrogen) atoms. The average molecular weight is 372 g/mol. The first kappa shape index (κ1) is 18.3. The Bertz CT molecular complexity index is 655. The molecule has 0 unspecified atom stereocenters. The highest BCUT2D eigenvalue weighted by Crippen LogP contribution is 2.69. The highest BCUT2D eigenvalue weighted by molar-refractivity contribution is 5.94. The molecule has 0 aromatic carbocycles. The summed E-state index contributed by atoms with van der Waals surface area (Å²) in [5.41, 5.74) is -2.82. The molecular formula is C20H27F3O3. The van der Waals surface area contributed by atoms with Crippen molar-refractivity contribution in [3.63, 3.8) is 0 Å². The Morgan fingerprint density at radius 2 is 1.81 bits per heavy atom. The number of rotatable bonds is 1. The van der Waals surface area contributed by atoms with Gasteiger partial charge in [-0.05, 0) is 80.6 Å². The Hall–Kier alpha value is -1.04. The first-order chi connectivity index (χ1) is 12.2. The van der Waals surface area contributed by atoms with Crippen molar-refractivity contribution < 1.29 is 28.2 Å². The van der Waals surface area contributed by atoms with E-state index in [1.807, 2.05) is 0 Å². The maximum absolute atomic E-state index is 13.8. The maximum atomic E-state index is 13.8. The lowest BCUT2D eigenvalue weighted by Crippen LogP contribution is -2.60. The van der Waals surface area contributed by atoms with Crippen LogP contribution in [0.5, 0.6) is 0 Å². The molecule has 0 amide bonds. The molecule has 0 aromatic rings. The molecule has 6 atom stereocenters. The molecule has 3 nitrogen and oxygen atoms in total. The third-order valence-corrected chi connectivity index (χ3v) is 8.40. The minimum Gasteiger partial charge on any atom is -0.504 e. The van der Waals surface area contributed by atoms with E-state index in [4.69, 9.17) is 0 Å². The molecule has 0 radical (unpaired) electrons. The lowest BCUT2D eigenvalue weighted by molar-refractivity contribution is -0.306. The standard InChI is InChI=1S/C20H27F3O3/c1-2-18-9-7-12-11-5-6-16(24)17(25)14(11)4-3-13(12)15(18)8-10-19(18,26)20(21,22)23/h11-13,15,25-26H,2-10H2,1H3/t11-,12-,13-,15+,18+,19+/m1/s1. The lowest BCUT2D eigenvalue weighted by Gasteiger charge is -2.56. The molecule has 3 fully saturated rings. The second-order valence-electron chi connectivity index (χ2n) is 8.86. The SMILES string of the molecule is CC[C@]12CC[C@H]3[C@@H](CCC4=C(O)C(=O)CC[C@@H]43)[C@@H]1CC[C@@]2(O)C(F)(F)F. The van der Waals surface area contributed by atoms with Crippen LogP contribution < -0.4 is 0 Å². The molecule has 4 rings (SSSR count). The monoisotopic (exact) mass is 372 g/mol. The quantitative estimate of drug-likeness (QED) is 0.702. The normalized spacial score (nSPS) is 46.0. The number of Topliss-reactive ketones (excluding diaryl/α,β-unsaturated/α-hetero) is 1. The number of ketones is 1. The van der Waals surface area contributed by atoms with Crippen LogP contribution in [0.25, 0.3) is 0 Å². The van der Waals surface area contributed by atoms with Gasteiger partial charge in [-0.15, -0.1) is 0 Å². The van der Waals surface area contributed by atoms with Crippen LogP contribution in [0.1, 0.15) is 64.7 Å². The van der Waals surface area contributed by atoms with Gasteiger partial charge >= 0.3 is 6.18 Å². The Labute approximate surface area is 151 Å². The Morgan fingerprint density at radius 3 is 2.46 bits per heavy atom. The number of aliphatic hydroxyl groups excluding tert-OH is 1. The van der Waals surface area contributed by atoms with Gasteiger partial charge in [0.1, 0.15) is 0 Å². The molecule has 3 saturated carbocycles. The van der Waals surface area contributed by atoms with E-state index in [1.54, 1.807) is 6.92 Å². The van der Waals surface area contributed by atoms with E-state index in [9.17, 15) is 28.2 Å². The number of alkyl halides is 3. The first-order valence-corrected chi connectivity index (χ1v) is 9.90. The molecule has 4 aliphatic rings. The van der Waals surface area contributed by atoms with Crippen molar-refractivity contribution in [1.29, 1.82) is 0 Å². The van der Waals surface area contributed by atoms with Crippen molar-refractivity contribution in [2.24, 2.45) is 29.1 Å². The van der Waals surface area contributed by atoms with E-state index < -0.39 is 17.2 Å². The van der Waals surface area contributed by atoms with E-state index >= 15 is 0 Å². The van der Waals surface area contributed by atoms with Crippen LogP contribution >= 0.6 is 0 Å². The molecule has 2 N–H and O–H groups in total. The Morgan fingerprint density at radius 1 is 1.08 bits per heavy atom. The summed E-state index contributed by atoms with van der Waals surface area (Å²) in [4.78, 5) is 11.8. The number of fused-ring (bicyclic) bond motifs is 5. The average Bonchev–Trinajstić information content (AvgIpc) is 2.92. The lowest BCUT2D eigenvalue weighted by atomic mass is 9.49. The summed E-state index contributed by atoms with van der Waals surface area (Å²) >= 11 is 0. The molecule has 0 aromatic heterocycles. The van der Waals surface area contributed by atoms with Crippen molar-refractivity contribution >= 4 is 5.78 Å². The third kappa shape index (κ3) is 2.14. The second kappa shape index (κ2) is 5.73. The van der Waals surface area contributed by atoms with Crippen LogP contribution in [0.3, 0.4) is 0 Å². The van der Waals surface area contributed by atoms with Crippen molar-refractivity contribution in [2.75, 3.05) is 0 Å². The van der Waals surface area contributed by atoms with E-state index in [-0.39, 0.29) is 41.6 Å². The van der Waals surface area contributed by atoms with Gasteiger partial charge in [0, 0.05) is 11.8 Å². The number of carbonyl (C=O) groups excluding carboxylic acids is 1.